The van der Waals surface area contributed by atoms with Crippen molar-refractivity contribution in [1.29, 1.82) is 0 Å². The molecule has 1 saturated heterocycles. The first-order valence-electron chi connectivity index (χ1n) is 6.19. The standard InChI is InChI=1S/C12H20N4OS/c1-12(2,3)9-7-18-11(15-9)16-10(17)14-8-4-5-13-6-8/h7-8,13H,4-6H2,1-3H3,(H2,14,15,16,17). The van der Waals surface area contributed by atoms with Crippen LogP contribution >= 0.6 is 11.3 Å². The van der Waals surface area contributed by atoms with Gasteiger partial charge in [0.25, 0.3) is 0 Å². The van der Waals surface area contributed by atoms with E-state index in [-0.39, 0.29) is 17.5 Å². The van der Waals surface area contributed by atoms with Crippen molar-refractivity contribution in [1.82, 2.24) is 15.6 Å². The number of carbonyl (C=O) groups is 1. The van der Waals surface area contributed by atoms with E-state index in [9.17, 15) is 4.79 Å². The number of hydrogen-bond donors (Lipinski definition) is 3. The molecule has 1 aromatic heterocycles. The lowest BCUT2D eigenvalue weighted by atomic mass is 9.93. The van der Waals surface area contributed by atoms with E-state index in [0.717, 1.165) is 25.2 Å². The number of amides is 2. The zero-order valence-electron chi connectivity index (χ0n) is 11.0. The van der Waals surface area contributed by atoms with E-state index in [0.29, 0.717) is 5.13 Å². The van der Waals surface area contributed by atoms with Crippen LogP contribution in [0.5, 0.6) is 0 Å². The average molecular weight is 268 g/mol. The van der Waals surface area contributed by atoms with E-state index in [1.54, 1.807) is 0 Å². The van der Waals surface area contributed by atoms with Gasteiger partial charge in [-0.3, -0.25) is 5.32 Å². The molecule has 0 radical (unpaired) electrons. The summed E-state index contributed by atoms with van der Waals surface area (Å²) < 4.78 is 0. The summed E-state index contributed by atoms with van der Waals surface area (Å²) in [5.41, 5.74) is 1.02. The van der Waals surface area contributed by atoms with E-state index in [1.165, 1.54) is 11.3 Å². The van der Waals surface area contributed by atoms with Crippen LogP contribution in [-0.4, -0.2) is 30.1 Å². The van der Waals surface area contributed by atoms with Crippen LogP contribution in [-0.2, 0) is 5.41 Å². The van der Waals surface area contributed by atoms with Crippen LogP contribution in [0.15, 0.2) is 5.38 Å². The Balaban J connectivity index is 1.88. The summed E-state index contributed by atoms with van der Waals surface area (Å²) in [6.07, 6.45) is 0.985. The van der Waals surface area contributed by atoms with Crippen molar-refractivity contribution >= 4 is 22.5 Å². The fourth-order valence-corrected chi connectivity index (χ4v) is 2.70. The smallest absolute Gasteiger partial charge is 0.321 e. The molecule has 2 heterocycles. The molecule has 2 rings (SSSR count). The summed E-state index contributed by atoms with van der Waals surface area (Å²) >= 11 is 1.46. The molecule has 1 aliphatic rings. The molecular weight excluding hydrogens is 248 g/mol. The Labute approximate surface area is 111 Å². The summed E-state index contributed by atoms with van der Waals surface area (Å²) in [5, 5.41) is 11.6. The van der Waals surface area contributed by atoms with Crippen molar-refractivity contribution in [2.45, 2.75) is 38.6 Å². The minimum Gasteiger partial charge on any atom is -0.334 e. The number of rotatable bonds is 2. The summed E-state index contributed by atoms with van der Waals surface area (Å²) in [4.78, 5) is 16.2. The summed E-state index contributed by atoms with van der Waals surface area (Å²) in [5.74, 6) is 0. The zero-order chi connectivity index (χ0) is 13.2. The van der Waals surface area contributed by atoms with Crippen molar-refractivity contribution in [3.63, 3.8) is 0 Å². The lowest BCUT2D eigenvalue weighted by molar-refractivity contribution is 0.249. The predicted molar refractivity (Wildman–Crippen MR) is 74.2 cm³/mol. The fourth-order valence-electron chi connectivity index (χ4n) is 1.77. The third-order valence-electron chi connectivity index (χ3n) is 2.89. The number of nitrogens with zero attached hydrogens (tertiary/aromatic N) is 1. The average Bonchev–Trinajstić information content (AvgIpc) is 2.87. The van der Waals surface area contributed by atoms with E-state index >= 15 is 0 Å². The maximum atomic E-state index is 11.7. The number of hydrogen-bond acceptors (Lipinski definition) is 4. The predicted octanol–water partition coefficient (Wildman–Crippen LogP) is 1.92. The van der Waals surface area contributed by atoms with Crippen LogP contribution in [0.3, 0.4) is 0 Å². The SMILES string of the molecule is CC(C)(C)c1csc(NC(=O)NC2CCNC2)n1. The third-order valence-corrected chi connectivity index (χ3v) is 3.65. The Morgan fingerprint density at radius 3 is 2.89 bits per heavy atom. The molecule has 1 fully saturated rings. The molecule has 1 aromatic rings. The number of carbonyl (C=O) groups excluding carboxylic acids is 1. The molecule has 18 heavy (non-hydrogen) atoms. The Morgan fingerprint density at radius 2 is 2.33 bits per heavy atom. The lowest BCUT2D eigenvalue weighted by Crippen LogP contribution is -2.39. The Hall–Kier alpha value is -1.14. The molecule has 5 nitrogen and oxygen atoms in total. The molecule has 0 saturated carbocycles. The highest BCUT2D eigenvalue weighted by Crippen LogP contribution is 2.26. The first-order valence-corrected chi connectivity index (χ1v) is 7.07. The molecule has 0 aliphatic carbocycles. The largest absolute Gasteiger partial charge is 0.334 e. The second-order valence-corrected chi connectivity index (χ2v) is 6.43. The van der Waals surface area contributed by atoms with Crippen molar-refractivity contribution in [2.24, 2.45) is 0 Å². The van der Waals surface area contributed by atoms with E-state index < -0.39 is 0 Å². The molecule has 1 atom stereocenters. The van der Waals surface area contributed by atoms with Gasteiger partial charge in [0.1, 0.15) is 0 Å². The summed E-state index contributed by atoms with van der Waals surface area (Å²) in [7, 11) is 0. The zero-order valence-corrected chi connectivity index (χ0v) is 11.9. The van der Waals surface area contributed by atoms with Gasteiger partial charge in [-0.15, -0.1) is 11.3 Å². The quantitative estimate of drug-likeness (QED) is 0.768. The number of thiazole rings is 1. The fraction of sp³-hybridized carbons (Fsp3) is 0.667. The third kappa shape index (κ3) is 3.43. The molecule has 2 amide bonds. The molecule has 100 valence electrons. The van der Waals surface area contributed by atoms with E-state index in [4.69, 9.17) is 0 Å². The lowest BCUT2D eigenvalue weighted by Gasteiger charge is -2.14. The molecule has 3 N–H and O–H groups in total. The van der Waals surface area contributed by atoms with E-state index in [1.807, 2.05) is 5.38 Å². The number of nitrogens with one attached hydrogen (secondary N) is 3. The highest BCUT2D eigenvalue weighted by molar-refractivity contribution is 7.13. The number of anilines is 1. The highest BCUT2D eigenvalue weighted by Gasteiger charge is 2.19. The van der Waals surface area contributed by atoms with E-state index in [2.05, 4.69) is 41.7 Å². The molecular formula is C12H20N4OS. The van der Waals surface area contributed by atoms with Gasteiger partial charge in [0.2, 0.25) is 0 Å². The first kappa shape index (κ1) is 13.3. The molecule has 0 spiro atoms. The van der Waals surface area contributed by atoms with Crippen LogP contribution < -0.4 is 16.0 Å². The van der Waals surface area contributed by atoms with Gasteiger partial charge in [0, 0.05) is 23.4 Å². The number of urea groups is 1. The summed E-state index contributed by atoms with van der Waals surface area (Å²) in [6, 6.07) is 0.0607. The van der Waals surface area contributed by atoms with Crippen molar-refractivity contribution < 1.29 is 4.79 Å². The van der Waals surface area contributed by atoms with Gasteiger partial charge in [-0.2, -0.15) is 0 Å². The molecule has 0 aromatic carbocycles. The molecule has 0 bridgehead atoms. The topological polar surface area (TPSA) is 66.1 Å². The van der Waals surface area contributed by atoms with Crippen LogP contribution in [0.4, 0.5) is 9.93 Å². The Morgan fingerprint density at radius 1 is 1.56 bits per heavy atom. The van der Waals surface area contributed by atoms with Gasteiger partial charge in [-0.25, -0.2) is 9.78 Å². The van der Waals surface area contributed by atoms with Crippen LogP contribution in [0.25, 0.3) is 0 Å². The van der Waals surface area contributed by atoms with Crippen LogP contribution in [0.2, 0.25) is 0 Å². The van der Waals surface area contributed by atoms with Gasteiger partial charge in [0.05, 0.1) is 5.69 Å². The molecule has 1 unspecified atom stereocenters. The Kier molecular flexibility index (Phi) is 3.87. The van der Waals surface area contributed by atoms with Crippen molar-refractivity contribution in [2.75, 3.05) is 18.4 Å². The molecule has 1 aliphatic heterocycles. The van der Waals surface area contributed by atoms with Gasteiger partial charge in [-0.1, -0.05) is 20.8 Å². The minimum absolute atomic E-state index is 0.0161. The highest BCUT2D eigenvalue weighted by atomic mass is 32.1. The van der Waals surface area contributed by atoms with Gasteiger partial charge < -0.3 is 10.6 Å². The first-order chi connectivity index (χ1) is 8.45. The monoisotopic (exact) mass is 268 g/mol. The Bertz CT molecular complexity index is 418. The summed E-state index contributed by atoms with van der Waals surface area (Å²) in [6.45, 7) is 8.14. The maximum Gasteiger partial charge on any atom is 0.321 e. The van der Waals surface area contributed by atoms with Gasteiger partial charge in [-0.05, 0) is 13.0 Å². The van der Waals surface area contributed by atoms with Crippen molar-refractivity contribution in [3.8, 4) is 0 Å². The number of aromatic nitrogens is 1. The maximum absolute atomic E-state index is 11.7. The second kappa shape index (κ2) is 5.24. The van der Waals surface area contributed by atoms with Crippen molar-refractivity contribution in [3.05, 3.63) is 11.1 Å². The minimum atomic E-state index is -0.168. The normalized spacial score (nSPS) is 19.8. The van der Waals surface area contributed by atoms with Crippen LogP contribution in [0, 0.1) is 0 Å². The molecule has 6 heteroatoms. The van der Waals surface area contributed by atoms with Crippen LogP contribution in [0.1, 0.15) is 32.9 Å². The van der Waals surface area contributed by atoms with Gasteiger partial charge in [0.15, 0.2) is 5.13 Å². The van der Waals surface area contributed by atoms with Gasteiger partial charge >= 0.3 is 6.03 Å². The second-order valence-electron chi connectivity index (χ2n) is 5.58.